The lowest BCUT2D eigenvalue weighted by molar-refractivity contribution is 0.820. The molecule has 0 aliphatic carbocycles. The monoisotopic (exact) mass is 224 g/mol. The van der Waals surface area contributed by atoms with E-state index in [1.807, 2.05) is 6.92 Å². The normalized spacial score (nSPS) is 13.4. The van der Waals surface area contributed by atoms with Gasteiger partial charge in [-0.1, -0.05) is 24.3 Å². The Hall–Kier alpha value is -1.80. The Balaban J connectivity index is 2.46. The highest BCUT2D eigenvalue weighted by Gasteiger charge is 2.09. The molecule has 3 aromatic rings. The molecule has 17 heavy (non-hydrogen) atoms. The molecule has 2 heteroatoms. The van der Waals surface area contributed by atoms with Gasteiger partial charge in [0, 0.05) is 34.9 Å². The maximum Gasteiger partial charge on any atom is 0.0488 e. The number of aryl methyl sites for hydroxylation is 1. The predicted molar refractivity (Wildman–Crippen MR) is 73.0 cm³/mol. The molecule has 86 valence electrons. The van der Waals surface area contributed by atoms with Crippen molar-refractivity contribution in [2.24, 2.45) is 12.8 Å². The van der Waals surface area contributed by atoms with E-state index in [9.17, 15) is 0 Å². The van der Waals surface area contributed by atoms with Crippen LogP contribution in [0.4, 0.5) is 0 Å². The van der Waals surface area contributed by atoms with E-state index in [1.54, 1.807) is 0 Å². The van der Waals surface area contributed by atoms with Crippen molar-refractivity contribution in [3.8, 4) is 0 Å². The van der Waals surface area contributed by atoms with Crippen LogP contribution in [0.2, 0.25) is 0 Å². The SMILES string of the molecule is C[C@H](N)c1ccc2c(c1)c1ccccc1n2C. The molecule has 1 aromatic heterocycles. The van der Waals surface area contributed by atoms with E-state index >= 15 is 0 Å². The summed E-state index contributed by atoms with van der Waals surface area (Å²) in [5.74, 6) is 0. The first kappa shape index (κ1) is 10.4. The van der Waals surface area contributed by atoms with Crippen molar-refractivity contribution in [1.29, 1.82) is 0 Å². The van der Waals surface area contributed by atoms with Crippen LogP contribution in [0, 0.1) is 0 Å². The van der Waals surface area contributed by atoms with Crippen LogP contribution in [0.1, 0.15) is 18.5 Å². The molecule has 1 heterocycles. The van der Waals surface area contributed by atoms with Crippen LogP contribution in [0.3, 0.4) is 0 Å². The molecule has 2 N–H and O–H groups in total. The summed E-state index contributed by atoms with van der Waals surface area (Å²) in [6.07, 6.45) is 0. The summed E-state index contributed by atoms with van der Waals surface area (Å²) in [6.45, 7) is 2.02. The molecule has 1 atom stereocenters. The lowest BCUT2D eigenvalue weighted by atomic mass is 10.1. The molecule has 0 aliphatic rings. The molecular formula is C15H16N2. The van der Waals surface area contributed by atoms with Gasteiger partial charge in [0.1, 0.15) is 0 Å². The zero-order valence-corrected chi connectivity index (χ0v) is 10.1. The van der Waals surface area contributed by atoms with Gasteiger partial charge in [-0.2, -0.15) is 0 Å². The fraction of sp³-hybridized carbons (Fsp3) is 0.200. The number of benzene rings is 2. The maximum atomic E-state index is 5.95. The van der Waals surface area contributed by atoms with Gasteiger partial charge in [0.2, 0.25) is 0 Å². The number of rotatable bonds is 1. The third-order valence-corrected chi connectivity index (χ3v) is 3.46. The second-order valence-electron chi connectivity index (χ2n) is 4.64. The molecule has 0 saturated carbocycles. The van der Waals surface area contributed by atoms with Crippen LogP contribution in [0.15, 0.2) is 42.5 Å². The molecule has 0 saturated heterocycles. The van der Waals surface area contributed by atoms with Crippen molar-refractivity contribution >= 4 is 21.8 Å². The Morgan fingerprint density at radius 1 is 1.00 bits per heavy atom. The predicted octanol–water partition coefficient (Wildman–Crippen LogP) is 3.35. The van der Waals surface area contributed by atoms with Crippen LogP contribution in [0.25, 0.3) is 21.8 Å². The molecule has 0 spiro atoms. The summed E-state index contributed by atoms with van der Waals surface area (Å²) in [5, 5.41) is 2.59. The first-order valence-corrected chi connectivity index (χ1v) is 5.91. The van der Waals surface area contributed by atoms with E-state index in [1.165, 1.54) is 27.4 Å². The zero-order valence-electron chi connectivity index (χ0n) is 10.1. The smallest absolute Gasteiger partial charge is 0.0488 e. The van der Waals surface area contributed by atoms with Gasteiger partial charge in [-0.25, -0.2) is 0 Å². The van der Waals surface area contributed by atoms with Crippen LogP contribution >= 0.6 is 0 Å². The zero-order chi connectivity index (χ0) is 12.0. The van der Waals surface area contributed by atoms with Crippen molar-refractivity contribution in [2.45, 2.75) is 13.0 Å². The lowest BCUT2D eigenvalue weighted by Gasteiger charge is -2.05. The largest absolute Gasteiger partial charge is 0.344 e. The fourth-order valence-corrected chi connectivity index (χ4v) is 2.47. The topological polar surface area (TPSA) is 30.9 Å². The number of nitrogens with two attached hydrogens (primary N) is 1. The van der Waals surface area contributed by atoms with Crippen LogP contribution in [0.5, 0.6) is 0 Å². The Bertz CT molecular complexity index is 693. The van der Waals surface area contributed by atoms with Gasteiger partial charge in [-0.05, 0) is 30.7 Å². The average molecular weight is 224 g/mol. The summed E-state index contributed by atoms with van der Waals surface area (Å²) in [6, 6.07) is 15.1. The van der Waals surface area contributed by atoms with E-state index in [4.69, 9.17) is 5.73 Å². The molecular weight excluding hydrogens is 208 g/mol. The van der Waals surface area contributed by atoms with E-state index < -0.39 is 0 Å². The number of para-hydroxylation sites is 1. The first-order chi connectivity index (χ1) is 8.18. The van der Waals surface area contributed by atoms with Crippen LogP contribution in [-0.2, 0) is 7.05 Å². The van der Waals surface area contributed by atoms with Gasteiger partial charge in [-0.15, -0.1) is 0 Å². The Morgan fingerprint density at radius 3 is 2.47 bits per heavy atom. The van der Waals surface area contributed by atoms with Gasteiger partial charge in [-0.3, -0.25) is 0 Å². The van der Waals surface area contributed by atoms with E-state index in [0.717, 1.165) is 0 Å². The second-order valence-corrected chi connectivity index (χ2v) is 4.64. The maximum absolute atomic E-state index is 5.95. The van der Waals surface area contributed by atoms with Gasteiger partial charge < -0.3 is 10.3 Å². The van der Waals surface area contributed by atoms with Crippen molar-refractivity contribution in [3.05, 3.63) is 48.0 Å². The second kappa shape index (κ2) is 3.60. The Labute approximate surface area is 101 Å². The highest BCUT2D eigenvalue weighted by Crippen LogP contribution is 2.29. The number of fused-ring (bicyclic) bond motifs is 3. The molecule has 2 aromatic carbocycles. The number of hydrogen-bond acceptors (Lipinski definition) is 1. The van der Waals surface area contributed by atoms with Crippen LogP contribution in [-0.4, -0.2) is 4.57 Å². The standard InChI is InChI=1S/C15H16N2/c1-10(16)11-7-8-15-13(9-11)12-5-3-4-6-14(12)17(15)2/h3-10H,16H2,1-2H3/t10-/m0/s1. The lowest BCUT2D eigenvalue weighted by Crippen LogP contribution is -2.04. The highest BCUT2D eigenvalue weighted by molar-refractivity contribution is 6.08. The summed E-state index contributed by atoms with van der Waals surface area (Å²) < 4.78 is 2.23. The van der Waals surface area contributed by atoms with Crippen molar-refractivity contribution in [1.82, 2.24) is 4.57 Å². The molecule has 0 fully saturated rings. The minimum atomic E-state index is 0.0818. The molecule has 0 bridgehead atoms. The molecule has 0 amide bonds. The highest BCUT2D eigenvalue weighted by atomic mass is 14.9. The molecule has 0 aliphatic heterocycles. The van der Waals surface area contributed by atoms with Gasteiger partial charge in [0.15, 0.2) is 0 Å². The van der Waals surface area contributed by atoms with Crippen molar-refractivity contribution < 1.29 is 0 Å². The minimum Gasteiger partial charge on any atom is -0.344 e. The average Bonchev–Trinajstić information content (AvgIpc) is 2.64. The summed E-state index contributed by atoms with van der Waals surface area (Å²) in [5.41, 5.74) is 9.67. The van der Waals surface area contributed by atoms with E-state index in [-0.39, 0.29) is 6.04 Å². The third kappa shape index (κ3) is 1.45. The summed E-state index contributed by atoms with van der Waals surface area (Å²) in [4.78, 5) is 0. The quantitative estimate of drug-likeness (QED) is 0.675. The molecule has 3 rings (SSSR count). The Kier molecular flexibility index (Phi) is 2.20. The van der Waals surface area contributed by atoms with E-state index in [2.05, 4.69) is 54.1 Å². The third-order valence-electron chi connectivity index (χ3n) is 3.46. The fourth-order valence-electron chi connectivity index (χ4n) is 2.47. The molecule has 2 nitrogen and oxygen atoms in total. The molecule has 0 unspecified atom stereocenters. The summed E-state index contributed by atoms with van der Waals surface area (Å²) >= 11 is 0. The van der Waals surface area contributed by atoms with Gasteiger partial charge in [0.25, 0.3) is 0 Å². The Morgan fingerprint density at radius 2 is 1.71 bits per heavy atom. The minimum absolute atomic E-state index is 0.0818. The van der Waals surface area contributed by atoms with Gasteiger partial charge in [0.05, 0.1) is 0 Å². The van der Waals surface area contributed by atoms with Crippen LogP contribution < -0.4 is 5.73 Å². The van der Waals surface area contributed by atoms with Gasteiger partial charge >= 0.3 is 0 Å². The first-order valence-electron chi connectivity index (χ1n) is 5.91. The van der Waals surface area contributed by atoms with Crippen molar-refractivity contribution in [3.63, 3.8) is 0 Å². The number of nitrogens with zero attached hydrogens (tertiary/aromatic N) is 1. The number of hydrogen-bond donors (Lipinski definition) is 1. The van der Waals surface area contributed by atoms with E-state index in [0.29, 0.717) is 0 Å². The number of aromatic nitrogens is 1. The van der Waals surface area contributed by atoms with Crippen molar-refractivity contribution in [2.75, 3.05) is 0 Å². The summed E-state index contributed by atoms with van der Waals surface area (Å²) in [7, 11) is 2.11. The molecule has 0 radical (unpaired) electrons.